The standard InChI is InChI=1S/C29H36ClNO3/c1-18(2)23-17-31(25-11-9-21(27(33)34)14-19(25)3)26(32)16-29(23,7)22-10-8-20(24(30)15-22)12-13-28(4,5)6/h8-11,14-15,17-18H,12-13,16H2,1-7H3,(H,33,34)/t29-/m0/s1. The third kappa shape index (κ3) is 5.38. The summed E-state index contributed by atoms with van der Waals surface area (Å²) in [5.74, 6) is -0.794. The van der Waals surface area contributed by atoms with Crippen LogP contribution in [0, 0.1) is 18.3 Å². The van der Waals surface area contributed by atoms with Gasteiger partial charge >= 0.3 is 5.97 Å². The predicted molar refractivity (Wildman–Crippen MR) is 140 cm³/mol. The molecule has 0 spiro atoms. The maximum absolute atomic E-state index is 13.4. The molecule has 2 aromatic rings. The van der Waals surface area contributed by atoms with Gasteiger partial charge in [-0.1, -0.05) is 65.3 Å². The fourth-order valence-electron chi connectivity index (χ4n) is 4.76. The molecule has 3 rings (SSSR count). The van der Waals surface area contributed by atoms with Crippen molar-refractivity contribution in [2.75, 3.05) is 4.90 Å². The molecule has 1 aliphatic rings. The summed E-state index contributed by atoms with van der Waals surface area (Å²) in [6, 6.07) is 11.1. The maximum atomic E-state index is 13.4. The number of hydrogen-bond acceptors (Lipinski definition) is 2. The van der Waals surface area contributed by atoms with Crippen LogP contribution in [0.1, 0.15) is 81.4 Å². The van der Waals surface area contributed by atoms with Gasteiger partial charge in [0.2, 0.25) is 5.91 Å². The van der Waals surface area contributed by atoms with E-state index in [0.717, 1.165) is 40.1 Å². The number of carboxylic acid groups (broad SMARTS) is 1. The highest BCUT2D eigenvalue weighted by atomic mass is 35.5. The molecular weight excluding hydrogens is 446 g/mol. The first-order chi connectivity index (χ1) is 15.7. The minimum Gasteiger partial charge on any atom is -0.478 e. The van der Waals surface area contributed by atoms with Crippen LogP contribution in [0.15, 0.2) is 48.2 Å². The molecule has 1 N–H and O–H groups in total. The van der Waals surface area contributed by atoms with Crippen molar-refractivity contribution in [1.29, 1.82) is 0 Å². The van der Waals surface area contributed by atoms with Gasteiger partial charge in [0, 0.05) is 23.1 Å². The van der Waals surface area contributed by atoms with Crippen LogP contribution in [-0.4, -0.2) is 17.0 Å². The first-order valence-corrected chi connectivity index (χ1v) is 12.3. The molecule has 0 aliphatic carbocycles. The maximum Gasteiger partial charge on any atom is 0.335 e. The van der Waals surface area contributed by atoms with Gasteiger partial charge in [-0.2, -0.15) is 0 Å². The first kappa shape index (κ1) is 26.0. The fraction of sp³-hybridized carbons (Fsp3) is 0.448. The number of benzene rings is 2. The van der Waals surface area contributed by atoms with Gasteiger partial charge < -0.3 is 5.11 Å². The van der Waals surface area contributed by atoms with E-state index in [4.69, 9.17) is 11.6 Å². The van der Waals surface area contributed by atoms with Crippen LogP contribution < -0.4 is 4.90 Å². The Morgan fingerprint density at radius 2 is 1.85 bits per heavy atom. The van der Waals surface area contributed by atoms with Crippen molar-refractivity contribution < 1.29 is 14.7 Å². The van der Waals surface area contributed by atoms with Gasteiger partial charge in [-0.05, 0) is 77.6 Å². The zero-order chi connectivity index (χ0) is 25.4. The van der Waals surface area contributed by atoms with Gasteiger partial charge in [0.15, 0.2) is 0 Å². The molecule has 0 saturated carbocycles. The number of allylic oxidation sites excluding steroid dienone is 1. The molecule has 182 valence electrons. The topological polar surface area (TPSA) is 57.6 Å². The van der Waals surface area contributed by atoms with Gasteiger partial charge in [0.05, 0.1) is 11.3 Å². The molecule has 1 aliphatic heterocycles. The van der Waals surface area contributed by atoms with Gasteiger partial charge in [0.25, 0.3) is 0 Å². The Bertz CT molecular complexity index is 1140. The number of carbonyl (C=O) groups excluding carboxylic acids is 1. The summed E-state index contributed by atoms with van der Waals surface area (Å²) in [7, 11) is 0. The molecule has 0 bridgehead atoms. The number of halogens is 1. The summed E-state index contributed by atoms with van der Waals surface area (Å²) in [5, 5.41) is 10.0. The van der Waals surface area contributed by atoms with Gasteiger partial charge in [0.1, 0.15) is 0 Å². The summed E-state index contributed by atoms with van der Waals surface area (Å²) in [4.78, 5) is 26.4. The summed E-state index contributed by atoms with van der Waals surface area (Å²) >= 11 is 6.73. The number of anilines is 1. The molecule has 0 aromatic heterocycles. The van der Waals surface area contributed by atoms with E-state index in [0.29, 0.717) is 12.1 Å². The molecule has 4 nitrogen and oxygen atoms in total. The number of carbonyl (C=O) groups is 2. The Kier molecular flexibility index (Phi) is 7.33. The molecular formula is C29H36ClNO3. The highest BCUT2D eigenvalue weighted by Crippen LogP contribution is 2.45. The van der Waals surface area contributed by atoms with Crippen LogP contribution in [0.2, 0.25) is 5.02 Å². The normalized spacial score (nSPS) is 18.9. The monoisotopic (exact) mass is 481 g/mol. The van der Waals surface area contributed by atoms with E-state index in [9.17, 15) is 14.7 Å². The van der Waals surface area contributed by atoms with Gasteiger partial charge in [-0.15, -0.1) is 0 Å². The fourth-order valence-corrected chi connectivity index (χ4v) is 5.04. The second kappa shape index (κ2) is 9.58. The van der Waals surface area contributed by atoms with E-state index in [1.165, 1.54) is 0 Å². The SMILES string of the molecule is Cc1cc(C(=O)O)ccc1N1C=C(C(C)C)[C@](C)(c2ccc(CCC(C)(C)C)c(Cl)c2)CC1=O. The molecule has 5 heteroatoms. The third-order valence-electron chi connectivity index (χ3n) is 6.84. The van der Waals surface area contributed by atoms with Crippen LogP contribution >= 0.6 is 11.6 Å². The highest BCUT2D eigenvalue weighted by molar-refractivity contribution is 6.31. The van der Waals surface area contributed by atoms with Crippen LogP contribution in [0.5, 0.6) is 0 Å². The lowest BCUT2D eigenvalue weighted by Gasteiger charge is -2.41. The largest absolute Gasteiger partial charge is 0.478 e. The summed E-state index contributed by atoms with van der Waals surface area (Å²) in [6.07, 6.45) is 4.23. The molecule has 0 saturated heterocycles. The molecule has 1 atom stereocenters. The molecule has 0 fully saturated rings. The van der Waals surface area contributed by atoms with Crippen molar-refractivity contribution in [3.63, 3.8) is 0 Å². The number of rotatable bonds is 6. The van der Waals surface area contributed by atoms with Crippen molar-refractivity contribution in [3.05, 3.63) is 75.4 Å². The van der Waals surface area contributed by atoms with Crippen LogP contribution in [0.25, 0.3) is 0 Å². The third-order valence-corrected chi connectivity index (χ3v) is 7.19. The van der Waals surface area contributed by atoms with E-state index >= 15 is 0 Å². The number of hydrogen-bond donors (Lipinski definition) is 1. The van der Waals surface area contributed by atoms with Crippen molar-refractivity contribution in [1.82, 2.24) is 0 Å². The van der Waals surface area contributed by atoms with Crippen LogP contribution in [-0.2, 0) is 16.6 Å². The predicted octanol–water partition coefficient (Wildman–Crippen LogP) is 7.56. The van der Waals surface area contributed by atoms with E-state index in [1.807, 2.05) is 19.2 Å². The van der Waals surface area contributed by atoms with Crippen molar-refractivity contribution in [2.45, 2.75) is 73.1 Å². The van der Waals surface area contributed by atoms with Gasteiger partial charge in [-0.3, -0.25) is 9.69 Å². The smallest absolute Gasteiger partial charge is 0.335 e. The summed E-state index contributed by atoms with van der Waals surface area (Å²) in [6.45, 7) is 14.9. The lowest BCUT2D eigenvalue weighted by atomic mass is 9.68. The molecule has 1 amide bonds. The number of nitrogens with zero attached hydrogens (tertiary/aromatic N) is 1. The lowest BCUT2D eigenvalue weighted by molar-refractivity contribution is -0.119. The Labute approximate surface area is 208 Å². The summed E-state index contributed by atoms with van der Waals surface area (Å²) in [5.41, 5.74) is 4.77. The molecule has 0 unspecified atom stereocenters. The number of aromatic carboxylic acids is 1. The van der Waals surface area contributed by atoms with E-state index in [2.05, 4.69) is 53.7 Å². The highest BCUT2D eigenvalue weighted by Gasteiger charge is 2.41. The first-order valence-electron chi connectivity index (χ1n) is 11.9. The Morgan fingerprint density at radius 1 is 1.18 bits per heavy atom. The molecule has 2 aromatic carbocycles. The minimum atomic E-state index is -0.978. The molecule has 34 heavy (non-hydrogen) atoms. The quantitative estimate of drug-likeness (QED) is 0.463. The van der Waals surface area contributed by atoms with Crippen molar-refractivity contribution in [2.24, 2.45) is 11.3 Å². The minimum absolute atomic E-state index is 0.0222. The molecule has 0 radical (unpaired) electrons. The van der Waals surface area contributed by atoms with Crippen molar-refractivity contribution >= 4 is 29.2 Å². The van der Waals surface area contributed by atoms with E-state index in [1.54, 1.807) is 23.1 Å². The number of carboxylic acids is 1. The summed E-state index contributed by atoms with van der Waals surface area (Å²) < 4.78 is 0. The zero-order valence-corrected chi connectivity index (χ0v) is 22.1. The van der Waals surface area contributed by atoms with E-state index in [-0.39, 0.29) is 22.8 Å². The second-order valence-electron chi connectivity index (χ2n) is 11.2. The number of aryl methyl sites for hydroxylation is 2. The van der Waals surface area contributed by atoms with Crippen LogP contribution in [0.3, 0.4) is 0 Å². The van der Waals surface area contributed by atoms with Gasteiger partial charge in [-0.25, -0.2) is 4.79 Å². The number of amides is 1. The van der Waals surface area contributed by atoms with Crippen molar-refractivity contribution in [3.8, 4) is 0 Å². The Morgan fingerprint density at radius 3 is 2.38 bits per heavy atom. The van der Waals surface area contributed by atoms with E-state index < -0.39 is 11.4 Å². The van der Waals surface area contributed by atoms with Crippen LogP contribution in [0.4, 0.5) is 5.69 Å². The second-order valence-corrected chi connectivity index (χ2v) is 11.6. The average molecular weight is 482 g/mol. The molecule has 1 heterocycles. The Balaban J connectivity index is 2.01. The lowest BCUT2D eigenvalue weighted by Crippen LogP contribution is -2.42. The average Bonchev–Trinajstić information content (AvgIpc) is 2.72. The zero-order valence-electron chi connectivity index (χ0n) is 21.3. The Hall–Kier alpha value is -2.59.